The summed E-state index contributed by atoms with van der Waals surface area (Å²) in [5.41, 5.74) is 5.10. The summed E-state index contributed by atoms with van der Waals surface area (Å²) in [4.78, 5) is 47.3. The van der Waals surface area contributed by atoms with Crippen molar-refractivity contribution in [3.63, 3.8) is 0 Å². The zero-order valence-electron chi connectivity index (χ0n) is 18.8. The number of fused-ring (bicyclic) bond motifs is 2. The largest absolute Gasteiger partial charge is 0.508 e. The Bertz CT molecular complexity index is 1540. The number of hydrogen-bond donors (Lipinski definition) is 4. The van der Waals surface area contributed by atoms with E-state index in [2.05, 4.69) is 20.6 Å². The molecule has 4 N–H and O–H groups in total. The first-order valence-electron chi connectivity index (χ1n) is 11.1. The van der Waals surface area contributed by atoms with E-state index in [0.717, 1.165) is 33.3 Å². The van der Waals surface area contributed by atoms with Crippen LogP contribution in [0.3, 0.4) is 0 Å². The molecule has 35 heavy (non-hydrogen) atoms. The fourth-order valence-corrected chi connectivity index (χ4v) is 5.00. The molecule has 0 spiro atoms. The molecular formula is C26H21N5O4. The molecule has 1 aromatic heterocycles. The number of imidazole rings is 1. The smallest absolute Gasteiger partial charge is 0.322 e. The van der Waals surface area contributed by atoms with E-state index < -0.39 is 17.5 Å². The van der Waals surface area contributed by atoms with Gasteiger partial charge < -0.3 is 20.3 Å². The fraction of sp³-hybridized carbons (Fsp3) is 0.154. The van der Waals surface area contributed by atoms with Crippen molar-refractivity contribution in [1.29, 1.82) is 0 Å². The fourth-order valence-electron chi connectivity index (χ4n) is 5.00. The predicted octanol–water partition coefficient (Wildman–Crippen LogP) is 2.93. The number of carbonyl (C=O) groups excluding carboxylic acids is 3. The van der Waals surface area contributed by atoms with Crippen LogP contribution in [-0.4, -0.2) is 44.4 Å². The number of aromatic amines is 1. The minimum Gasteiger partial charge on any atom is -0.508 e. The molecule has 9 nitrogen and oxygen atoms in total. The summed E-state index contributed by atoms with van der Waals surface area (Å²) in [5.74, 6) is -0.819. The summed E-state index contributed by atoms with van der Waals surface area (Å²) < 4.78 is 0. The van der Waals surface area contributed by atoms with Gasteiger partial charge in [-0.25, -0.2) is 9.78 Å². The zero-order chi connectivity index (χ0) is 24.3. The van der Waals surface area contributed by atoms with Crippen molar-refractivity contribution in [2.24, 2.45) is 0 Å². The van der Waals surface area contributed by atoms with Gasteiger partial charge in [0.1, 0.15) is 5.75 Å². The summed E-state index contributed by atoms with van der Waals surface area (Å²) in [5, 5.41) is 14.8. The second kappa shape index (κ2) is 7.42. The van der Waals surface area contributed by atoms with Gasteiger partial charge in [0.2, 0.25) is 0 Å². The van der Waals surface area contributed by atoms with Crippen molar-refractivity contribution in [1.82, 2.24) is 25.5 Å². The van der Waals surface area contributed by atoms with Crippen molar-refractivity contribution < 1.29 is 19.5 Å². The Morgan fingerprint density at radius 2 is 1.83 bits per heavy atom. The Morgan fingerprint density at radius 3 is 2.57 bits per heavy atom. The maximum atomic E-state index is 13.1. The van der Waals surface area contributed by atoms with Gasteiger partial charge in [-0.15, -0.1) is 0 Å². The first-order valence-corrected chi connectivity index (χ1v) is 11.1. The number of H-pyrrole nitrogens is 1. The van der Waals surface area contributed by atoms with Crippen LogP contribution in [0.2, 0.25) is 0 Å². The number of urea groups is 1. The van der Waals surface area contributed by atoms with Gasteiger partial charge in [0.25, 0.3) is 11.8 Å². The van der Waals surface area contributed by atoms with Gasteiger partial charge in [0.15, 0.2) is 5.54 Å². The molecule has 1 saturated heterocycles. The van der Waals surface area contributed by atoms with Crippen LogP contribution in [0.4, 0.5) is 4.79 Å². The van der Waals surface area contributed by atoms with E-state index in [1.165, 1.54) is 17.0 Å². The highest BCUT2D eigenvalue weighted by molar-refractivity contribution is 6.08. The number of amides is 4. The highest BCUT2D eigenvalue weighted by Gasteiger charge is 2.50. The maximum Gasteiger partial charge on any atom is 0.322 e. The monoisotopic (exact) mass is 467 g/mol. The number of aromatic hydroxyl groups is 1. The van der Waals surface area contributed by atoms with Gasteiger partial charge in [-0.1, -0.05) is 30.3 Å². The Kier molecular flexibility index (Phi) is 4.44. The SMILES string of the molecule is Cc1cc(-c2ccc([C@]3(CN4Cc5ccc(O)cc5C4=O)NC(=O)NC3=O)cc2)cc2[nH]cnc12. The van der Waals surface area contributed by atoms with Gasteiger partial charge in [-0.2, -0.15) is 0 Å². The van der Waals surface area contributed by atoms with Gasteiger partial charge in [-0.3, -0.25) is 14.9 Å². The molecular weight excluding hydrogens is 446 g/mol. The highest BCUT2D eigenvalue weighted by Crippen LogP contribution is 2.34. The van der Waals surface area contributed by atoms with Gasteiger partial charge in [0.05, 0.1) is 23.9 Å². The zero-order valence-corrected chi connectivity index (χ0v) is 18.8. The van der Waals surface area contributed by atoms with Crippen molar-refractivity contribution >= 4 is 28.9 Å². The molecule has 4 aromatic rings. The first kappa shape index (κ1) is 20.9. The van der Waals surface area contributed by atoms with Crippen LogP contribution >= 0.6 is 0 Å². The number of phenolic OH excluding ortho intramolecular Hbond substituents is 1. The molecule has 0 bridgehead atoms. The average Bonchev–Trinajstić information content (AvgIpc) is 3.51. The van der Waals surface area contributed by atoms with E-state index in [0.29, 0.717) is 11.1 Å². The van der Waals surface area contributed by atoms with Crippen LogP contribution in [0.1, 0.15) is 27.0 Å². The van der Waals surface area contributed by atoms with E-state index in [-0.39, 0.29) is 24.7 Å². The van der Waals surface area contributed by atoms with Gasteiger partial charge >= 0.3 is 6.03 Å². The molecule has 3 heterocycles. The molecule has 0 radical (unpaired) electrons. The number of phenols is 1. The third-order valence-electron chi connectivity index (χ3n) is 6.77. The molecule has 4 amide bonds. The van der Waals surface area contributed by atoms with Crippen molar-refractivity contribution in [3.05, 3.63) is 83.2 Å². The highest BCUT2D eigenvalue weighted by atomic mass is 16.3. The first-order chi connectivity index (χ1) is 16.8. The van der Waals surface area contributed by atoms with Crippen LogP contribution in [0.25, 0.3) is 22.2 Å². The third-order valence-corrected chi connectivity index (χ3v) is 6.77. The number of imide groups is 1. The van der Waals surface area contributed by atoms with Crippen LogP contribution in [0, 0.1) is 6.92 Å². The minimum atomic E-state index is -1.43. The lowest BCUT2D eigenvalue weighted by atomic mass is 9.88. The number of nitrogens with one attached hydrogen (secondary N) is 3. The molecule has 6 rings (SSSR count). The Morgan fingerprint density at radius 1 is 1.03 bits per heavy atom. The van der Waals surface area contributed by atoms with E-state index in [1.807, 2.05) is 31.2 Å². The summed E-state index contributed by atoms with van der Waals surface area (Å²) in [6.07, 6.45) is 1.66. The number of aryl methyl sites for hydroxylation is 1. The summed E-state index contributed by atoms with van der Waals surface area (Å²) in [6.45, 7) is 2.23. The summed E-state index contributed by atoms with van der Waals surface area (Å²) in [7, 11) is 0. The molecule has 1 atom stereocenters. The number of carbonyl (C=O) groups is 3. The van der Waals surface area contributed by atoms with Crippen LogP contribution in [-0.2, 0) is 16.9 Å². The normalized spacial score (nSPS) is 19.2. The lowest BCUT2D eigenvalue weighted by Gasteiger charge is -2.31. The van der Waals surface area contributed by atoms with Crippen molar-refractivity contribution in [2.75, 3.05) is 6.54 Å². The van der Waals surface area contributed by atoms with Gasteiger partial charge in [-0.05, 0) is 59.0 Å². The number of aromatic nitrogens is 2. The third kappa shape index (κ3) is 3.23. The molecule has 174 valence electrons. The van der Waals surface area contributed by atoms with Crippen LogP contribution in [0.5, 0.6) is 5.75 Å². The molecule has 2 aliphatic rings. The standard InChI is InChI=1S/C26H21N5O4/c1-14-8-17(9-21-22(14)28-13-27-21)15-2-5-18(6-3-15)26(24(34)29-25(35)30-26)12-31-11-16-4-7-19(32)10-20(16)23(31)33/h2-10,13,32H,11-12H2,1H3,(H,27,28)(H2,29,30,34,35)/t26-/m0/s1. The second-order valence-corrected chi connectivity index (χ2v) is 8.99. The maximum absolute atomic E-state index is 13.1. The van der Waals surface area contributed by atoms with E-state index in [1.54, 1.807) is 24.5 Å². The molecule has 0 aliphatic carbocycles. The lowest BCUT2D eigenvalue weighted by molar-refractivity contribution is -0.124. The lowest BCUT2D eigenvalue weighted by Crippen LogP contribution is -2.52. The predicted molar refractivity (Wildman–Crippen MR) is 127 cm³/mol. The number of nitrogens with zero attached hydrogens (tertiary/aromatic N) is 2. The van der Waals surface area contributed by atoms with Crippen molar-refractivity contribution in [2.45, 2.75) is 19.0 Å². The van der Waals surface area contributed by atoms with E-state index in [9.17, 15) is 19.5 Å². The molecule has 0 unspecified atom stereocenters. The van der Waals surface area contributed by atoms with E-state index >= 15 is 0 Å². The topological polar surface area (TPSA) is 127 Å². The number of hydrogen-bond acceptors (Lipinski definition) is 5. The quantitative estimate of drug-likeness (QED) is 0.343. The number of rotatable bonds is 4. The number of benzene rings is 3. The molecule has 3 aromatic carbocycles. The average molecular weight is 467 g/mol. The minimum absolute atomic E-state index is 0.000261. The Labute approximate surface area is 199 Å². The van der Waals surface area contributed by atoms with Crippen molar-refractivity contribution in [3.8, 4) is 16.9 Å². The van der Waals surface area contributed by atoms with E-state index in [4.69, 9.17) is 0 Å². The molecule has 9 heteroatoms. The molecule has 2 aliphatic heterocycles. The molecule has 1 fully saturated rings. The molecule has 0 saturated carbocycles. The Balaban J connectivity index is 1.35. The second-order valence-electron chi connectivity index (χ2n) is 8.99. The van der Waals surface area contributed by atoms with Crippen LogP contribution < -0.4 is 10.6 Å². The van der Waals surface area contributed by atoms with Crippen LogP contribution in [0.15, 0.2) is 60.9 Å². The summed E-state index contributed by atoms with van der Waals surface area (Å²) >= 11 is 0. The van der Waals surface area contributed by atoms with Gasteiger partial charge in [0, 0.05) is 12.1 Å². The Hall–Kier alpha value is -4.66. The summed E-state index contributed by atoms with van der Waals surface area (Å²) in [6, 6.07) is 15.5.